The van der Waals surface area contributed by atoms with Crippen LogP contribution in [0, 0.1) is 6.92 Å². The first-order valence-electron chi connectivity index (χ1n) is 8.58. The Bertz CT molecular complexity index is 943. The molecule has 0 saturated carbocycles. The van der Waals surface area contributed by atoms with E-state index in [1.807, 2.05) is 29.7 Å². The standard InChI is InChI=1S/C20H23NO6/c1-6-26-20(22)15-10-16-14(7-12(2)27-16)21(15)11-13-8-17(23-3)19(25-5)18(9-13)24-4/h7-10H,6,11H2,1-5H3. The van der Waals surface area contributed by atoms with Crippen molar-refractivity contribution in [1.82, 2.24) is 4.57 Å². The van der Waals surface area contributed by atoms with Crippen molar-refractivity contribution in [2.75, 3.05) is 27.9 Å². The lowest BCUT2D eigenvalue weighted by atomic mass is 10.1. The van der Waals surface area contributed by atoms with Gasteiger partial charge in [-0.05, 0) is 31.5 Å². The minimum atomic E-state index is -0.394. The minimum Gasteiger partial charge on any atom is -0.493 e. The van der Waals surface area contributed by atoms with Crippen LogP contribution in [0.15, 0.2) is 28.7 Å². The van der Waals surface area contributed by atoms with Gasteiger partial charge in [-0.2, -0.15) is 0 Å². The number of fused-ring (bicyclic) bond motifs is 1. The van der Waals surface area contributed by atoms with Crippen LogP contribution in [0.1, 0.15) is 28.7 Å². The van der Waals surface area contributed by atoms with Gasteiger partial charge in [0.25, 0.3) is 0 Å². The number of hydrogen-bond acceptors (Lipinski definition) is 6. The van der Waals surface area contributed by atoms with Gasteiger partial charge >= 0.3 is 5.97 Å². The van der Waals surface area contributed by atoms with Crippen molar-refractivity contribution in [3.63, 3.8) is 0 Å². The maximum Gasteiger partial charge on any atom is 0.355 e. The Morgan fingerprint density at radius 3 is 2.26 bits per heavy atom. The predicted octanol–water partition coefficient (Wildman–Crippen LogP) is 3.79. The van der Waals surface area contributed by atoms with Gasteiger partial charge in [-0.3, -0.25) is 0 Å². The van der Waals surface area contributed by atoms with Crippen LogP contribution in [0.2, 0.25) is 0 Å². The number of esters is 1. The van der Waals surface area contributed by atoms with Crippen LogP contribution >= 0.6 is 0 Å². The van der Waals surface area contributed by atoms with Gasteiger partial charge in [0.1, 0.15) is 11.5 Å². The molecule has 0 aliphatic heterocycles. The minimum absolute atomic E-state index is 0.300. The van der Waals surface area contributed by atoms with Gasteiger partial charge < -0.3 is 27.9 Å². The molecule has 0 bridgehead atoms. The van der Waals surface area contributed by atoms with E-state index in [1.54, 1.807) is 34.3 Å². The molecule has 0 amide bonds. The number of carbonyl (C=O) groups excluding carboxylic acids is 1. The third-order valence-electron chi connectivity index (χ3n) is 4.26. The SMILES string of the molecule is CCOC(=O)c1cc2oc(C)cc2n1Cc1cc(OC)c(OC)c(OC)c1. The molecule has 0 spiro atoms. The van der Waals surface area contributed by atoms with Crippen LogP contribution in [-0.2, 0) is 11.3 Å². The molecule has 7 nitrogen and oxygen atoms in total. The van der Waals surface area contributed by atoms with E-state index in [2.05, 4.69) is 0 Å². The van der Waals surface area contributed by atoms with Crippen LogP contribution < -0.4 is 14.2 Å². The van der Waals surface area contributed by atoms with Crippen molar-refractivity contribution in [3.05, 3.63) is 41.3 Å². The van der Waals surface area contributed by atoms with Crippen LogP contribution in [0.4, 0.5) is 0 Å². The zero-order chi connectivity index (χ0) is 19.6. The van der Waals surface area contributed by atoms with Crippen LogP contribution in [0.5, 0.6) is 17.2 Å². The first-order chi connectivity index (χ1) is 13.0. The molecule has 27 heavy (non-hydrogen) atoms. The number of hydrogen-bond donors (Lipinski definition) is 0. The quantitative estimate of drug-likeness (QED) is 0.587. The van der Waals surface area contributed by atoms with E-state index in [9.17, 15) is 4.79 Å². The summed E-state index contributed by atoms with van der Waals surface area (Å²) >= 11 is 0. The molecule has 0 aliphatic rings. The Balaban J connectivity index is 2.10. The Hall–Kier alpha value is -3.09. The zero-order valence-electron chi connectivity index (χ0n) is 16.1. The van der Waals surface area contributed by atoms with E-state index in [-0.39, 0.29) is 0 Å². The van der Waals surface area contributed by atoms with Crippen molar-refractivity contribution in [2.45, 2.75) is 20.4 Å². The lowest BCUT2D eigenvalue weighted by Crippen LogP contribution is -2.13. The molecule has 2 heterocycles. The normalized spacial score (nSPS) is 10.9. The van der Waals surface area contributed by atoms with Gasteiger partial charge in [0.15, 0.2) is 17.1 Å². The van der Waals surface area contributed by atoms with Gasteiger partial charge in [0.05, 0.1) is 33.5 Å². The van der Waals surface area contributed by atoms with E-state index in [0.717, 1.165) is 16.8 Å². The van der Waals surface area contributed by atoms with Gasteiger partial charge in [-0.1, -0.05) is 0 Å². The van der Waals surface area contributed by atoms with E-state index in [1.165, 1.54) is 0 Å². The largest absolute Gasteiger partial charge is 0.493 e. The maximum absolute atomic E-state index is 12.4. The zero-order valence-corrected chi connectivity index (χ0v) is 16.1. The van der Waals surface area contributed by atoms with Gasteiger partial charge in [-0.25, -0.2) is 4.79 Å². The number of furan rings is 1. The summed E-state index contributed by atoms with van der Waals surface area (Å²) < 4.78 is 29.0. The van der Waals surface area contributed by atoms with E-state index in [4.69, 9.17) is 23.4 Å². The molecule has 1 aromatic carbocycles. The molecule has 0 saturated heterocycles. The summed E-state index contributed by atoms with van der Waals surface area (Å²) in [6.07, 6.45) is 0. The van der Waals surface area contributed by atoms with Gasteiger partial charge in [0, 0.05) is 18.7 Å². The second-order valence-electron chi connectivity index (χ2n) is 5.98. The molecule has 0 unspecified atom stereocenters. The summed E-state index contributed by atoms with van der Waals surface area (Å²) in [6, 6.07) is 7.32. The molecule has 0 N–H and O–H groups in total. The highest BCUT2D eigenvalue weighted by Crippen LogP contribution is 2.38. The third kappa shape index (κ3) is 3.45. The fraction of sp³-hybridized carbons (Fsp3) is 0.350. The second-order valence-corrected chi connectivity index (χ2v) is 5.98. The monoisotopic (exact) mass is 373 g/mol. The number of aromatic nitrogens is 1. The summed E-state index contributed by atoms with van der Waals surface area (Å²) in [4.78, 5) is 12.4. The van der Waals surface area contributed by atoms with Crippen molar-refractivity contribution in [3.8, 4) is 17.2 Å². The Morgan fingerprint density at radius 2 is 1.70 bits per heavy atom. The number of carbonyl (C=O) groups is 1. The first-order valence-corrected chi connectivity index (χ1v) is 8.58. The van der Waals surface area contributed by atoms with E-state index >= 15 is 0 Å². The molecule has 144 valence electrons. The van der Waals surface area contributed by atoms with Crippen molar-refractivity contribution < 1.29 is 28.2 Å². The third-order valence-corrected chi connectivity index (χ3v) is 4.26. The highest BCUT2D eigenvalue weighted by Gasteiger charge is 2.21. The average molecular weight is 373 g/mol. The number of rotatable bonds is 7. The first kappa shape index (κ1) is 18.7. The average Bonchev–Trinajstić information content (AvgIpc) is 3.18. The van der Waals surface area contributed by atoms with Gasteiger partial charge in [0.2, 0.25) is 5.75 Å². The molecule has 0 radical (unpaired) electrons. The Labute approximate surface area is 157 Å². The molecule has 2 aromatic heterocycles. The highest BCUT2D eigenvalue weighted by atomic mass is 16.5. The highest BCUT2D eigenvalue weighted by molar-refractivity contribution is 5.94. The fourth-order valence-corrected chi connectivity index (χ4v) is 3.12. The summed E-state index contributed by atoms with van der Waals surface area (Å²) in [7, 11) is 4.69. The molecule has 0 aliphatic carbocycles. The number of ether oxygens (including phenoxy) is 4. The molecular formula is C20H23NO6. The number of nitrogens with zero attached hydrogens (tertiary/aromatic N) is 1. The van der Waals surface area contributed by atoms with Crippen LogP contribution in [0.3, 0.4) is 0 Å². The summed E-state index contributed by atoms with van der Waals surface area (Å²) in [5, 5.41) is 0. The molecule has 7 heteroatoms. The second kappa shape index (κ2) is 7.65. The van der Waals surface area contributed by atoms with Crippen molar-refractivity contribution in [2.24, 2.45) is 0 Å². The van der Waals surface area contributed by atoms with E-state index in [0.29, 0.717) is 41.7 Å². The summed E-state index contributed by atoms with van der Waals surface area (Å²) in [5.74, 6) is 2.00. The molecule has 0 atom stereocenters. The summed E-state index contributed by atoms with van der Waals surface area (Å²) in [5.41, 5.74) is 2.78. The predicted molar refractivity (Wildman–Crippen MR) is 100 cm³/mol. The summed E-state index contributed by atoms with van der Waals surface area (Å²) in [6.45, 7) is 4.36. The van der Waals surface area contributed by atoms with E-state index < -0.39 is 5.97 Å². The smallest absolute Gasteiger partial charge is 0.355 e. The molecule has 3 rings (SSSR count). The van der Waals surface area contributed by atoms with Gasteiger partial charge in [-0.15, -0.1) is 0 Å². The van der Waals surface area contributed by atoms with Crippen molar-refractivity contribution in [1.29, 1.82) is 0 Å². The number of methoxy groups -OCH3 is 3. The lowest BCUT2D eigenvalue weighted by Gasteiger charge is -2.15. The number of aryl methyl sites for hydroxylation is 1. The fourth-order valence-electron chi connectivity index (χ4n) is 3.12. The lowest BCUT2D eigenvalue weighted by molar-refractivity contribution is 0.0515. The number of benzene rings is 1. The van der Waals surface area contributed by atoms with Crippen molar-refractivity contribution >= 4 is 17.1 Å². The maximum atomic E-state index is 12.4. The van der Waals surface area contributed by atoms with Crippen LogP contribution in [-0.4, -0.2) is 38.5 Å². The van der Waals surface area contributed by atoms with Crippen LogP contribution in [0.25, 0.3) is 11.1 Å². The molecule has 3 aromatic rings. The Kier molecular flexibility index (Phi) is 5.30. The molecular weight excluding hydrogens is 350 g/mol. The topological polar surface area (TPSA) is 72.1 Å². The Morgan fingerprint density at radius 1 is 1.04 bits per heavy atom. The molecule has 0 fully saturated rings.